The Hall–Kier alpha value is -1.55. The first kappa shape index (κ1) is 11.9. The van der Waals surface area contributed by atoms with Gasteiger partial charge >= 0.3 is 5.97 Å². The number of halogens is 1. The molecule has 0 aliphatic rings. The van der Waals surface area contributed by atoms with Crippen LogP contribution in [0.15, 0.2) is 18.2 Å². The number of ether oxygens (including phenoxy) is 1. The van der Waals surface area contributed by atoms with Crippen molar-refractivity contribution in [1.29, 1.82) is 0 Å². The molecular weight excluding hydrogens is 240 g/mol. The molecule has 5 heteroatoms. The van der Waals surface area contributed by atoms with Gasteiger partial charge in [0.25, 0.3) is 0 Å². The van der Waals surface area contributed by atoms with Crippen molar-refractivity contribution in [3.05, 3.63) is 29.0 Å². The highest BCUT2D eigenvalue weighted by Gasteiger charge is 2.14. The standard InChI is InChI=1S/C12H13ClN2O2/c1-2-3-7-17-11(16)8-5-4-6-9-10(8)15-12(13)14-9/h4-6H,2-3,7H2,1H3,(H,14,15). The maximum atomic E-state index is 11.8. The molecule has 0 fully saturated rings. The molecule has 0 saturated carbocycles. The predicted molar refractivity (Wildman–Crippen MR) is 66.3 cm³/mol. The average Bonchev–Trinajstić information content (AvgIpc) is 2.69. The third kappa shape index (κ3) is 2.58. The average molecular weight is 253 g/mol. The van der Waals surface area contributed by atoms with Crippen LogP contribution in [0.4, 0.5) is 0 Å². The van der Waals surface area contributed by atoms with Crippen LogP contribution in [0.2, 0.25) is 5.28 Å². The normalized spacial score (nSPS) is 10.7. The number of nitrogens with one attached hydrogen (secondary N) is 1. The molecule has 0 radical (unpaired) electrons. The van der Waals surface area contributed by atoms with Gasteiger partial charge in [-0.3, -0.25) is 0 Å². The number of benzene rings is 1. The van der Waals surface area contributed by atoms with Crippen LogP contribution in [0, 0.1) is 0 Å². The van der Waals surface area contributed by atoms with Gasteiger partial charge in [-0.1, -0.05) is 19.4 Å². The zero-order chi connectivity index (χ0) is 12.3. The Morgan fingerprint density at radius 2 is 2.35 bits per heavy atom. The van der Waals surface area contributed by atoms with E-state index in [0.717, 1.165) is 18.4 Å². The highest BCUT2D eigenvalue weighted by Crippen LogP contribution is 2.19. The lowest BCUT2D eigenvalue weighted by Crippen LogP contribution is -2.06. The summed E-state index contributed by atoms with van der Waals surface area (Å²) in [6.45, 7) is 2.48. The van der Waals surface area contributed by atoms with Crippen molar-refractivity contribution in [2.75, 3.05) is 6.61 Å². The summed E-state index contributed by atoms with van der Waals surface area (Å²) in [5.41, 5.74) is 1.74. The number of H-pyrrole nitrogens is 1. The van der Waals surface area contributed by atoms with E-state index < -0.39 is 0 Å². The number of hydrogen-bond donors (Lipinski definition) is 1. The second-order valence-corrected chi connectivity index (χ2v) is 4.08. The predicted octanol–water partition coefficient (Wildman–Crippen LogP) is 3.17. The Labute approximate surface area is 104 Å². The highest BCUT2D eigenvalue weighted by atomic mass is 35.5. The fourth-order valence-corrected chi connectivity index (χ4v) is 1.74. The maximum Gasteiger partial charge on any atom is 0.340 e. The van der Waals surface area contributed by atoms with E-state index >= 15 is 0 Å². The van der Waals surface area contributed by atoms with Gasteiger partial charge < -0.3 is 9.72 Å². The van der Waals surface area contributed by atoms with Crippen LogP contribution in [0.5, 0.6) is 0 Å². The summed E-state index contributed by atoms with van der Waals surface area (Å²) in [4.78, 5) is 18.8. The molecule has 0 unspecified atom stereocenters. The quantitative estimate of drug-likeness (QED) is 0.672. The van der Waals surface area contributed by atoms with Crippen LogP contribution in [-0.4, -0.2) is 22.5 Å². The molecule has 0 aliphatic heterocycles. The molecule has 1 heterocycles. The second-order valence-electron chi connectivity index (χ2n) is 3.72. The molecule has 1 aromatic carbocycles. The number of carbonyl (C=O) groups excluding carboxylic acids is 1. The zero-order valence-electron chi connectivity index (χ0n) is 9.50. The number of rotatable bonds is 4. The van der Waals surface area contributed by atoms with Crippen molar-refractivity contribution in [1.82, 2.24) is 9.97 Å². The lowest BCUT2D eigenvalue weighted by Gasteiger charge is -2.03. The molecule has 4 nitrogen and oxygen atoms in total. The number of nitrogens with zero attached hydrogens (tertiary/aromatic N) is 1. The molecule has 0 spiro atoms. The topological polar surface area (TPSA) is 55.0 Å². The van der Waals surface area contributed by atoms with Gasteiger partial charge in [0.2, 0.25) is 5.28 Å². The van der Waals surface area contributed by atoms with Crippen molar-refractivity contribution in [2.24, 2.45) is 0 Å². The fraction of sp³-hybridized carbons (Fsp3) is 0.333. The van der Waals surface area contributed by atoms with Crippen LogP contribution < -0.4 is 0 Å². The van der Waals surface area contributed by atoms with Crippen LogP contribution in [0.25, 0.3) is 11.0 Å². The van der Waals surface area contributed by atoms with E-state index in [1.165, 1.54) is 0 Å². The number of fused-ring (bicyclic) bond motifs is 1. The highest BCUT2D eigenvalue weighted by molar-refractivity contribution is 6.29. The number of carbonyl (C=O) groups is 1. The molecule has 0 atom stereocenters. The third-order valence-corrected chi connectivity index (χ3v) is 2.61. The lowest BCUT2D eigenvalue weighted by molar-refractivity contribution is 0.0502. The smallest absolute Gasteiger partial charge is 0.340 e. The Balaban J connectivity index is 2.25. The van der Waals surface area contributed by atoms with E-state index in [1.54, 1.807) is 12.1 Å². The lowest BCUT2D eigenvalue weighted by atomic mass is 10.2. The van der Waals surface area contributed by atoms with Gasteiger partial charge in [0, 0.05) is 0 Å². The molecule has 17 heavy (non-hydrogen) atoms. The second kappa shape index (κ2) is 5.19. The van der Waals surface area contributed by atoms with Crippen molar-refractivity contribution in [2.45, 2.75) is 19.8 Å². The molecule has 0 saturated heterocycles. The summed E-state index contributed by atoms with van der Waals surface area (Å²) in [7, 11) is 0. The third-order valence-electron chi connectivity index (χ3n) is 2.43. The van der Waals surface area contributed by atoms with Gasteiger partial charge in [-0.15, -0.1) is 0 Å². The molecule has 0 bridgehead atoms. The number of esters is 1. The van der Waals surface area contributed by atoms with E-state index in [0.29, 0.717) is 17.7 Å². The first-order chi connectivity index (χ1) is 8.22. The van der Waals surface area contributed by atoms with E-state index in [9.17, 15) is 4.79 Å². The van der Waals surface area contributed by atoms with Crippen molar-refractivity contribution in [3.63, 3.8) is 0 Å². The number of aromatic amines is 1. The van der Waals surface area contributed by atoms with Crippen LogP contribution >= 0.6 is 11.6 Å². The van der Waals surface area contributed by atoms with Crippen LogP contribution in [0.1, 0.15) is 30.1 Å². The number of hydrogen-bond acceptors (Lipinski definition) is 3. The SMILES string of the molecule is CCCCOC(=O)c1cccc2[nH]c(Cl)nc12. The fourth-order valence-electron chi connectivity index (χ4n) is 1.55. The minimum absolute atomic E-state index is 0.272. The number of unbranched alkanes of at least 4 members (excludes halogenated alkanes) is 1. The molecule has 1 aromatic heterocycles. The van der Waals surface area contributed by atoms with E-state index in [2.05, 4.69) is 9.97 Å². The molecule has 90 valence electrons. The van der Waals surface area contributed by atoms with Crippen molar-refractivity contribution in [3.8, 4) is 0 Å². The molecule has 2 rings (SSSR count). The Morgan fingerprint density at radius 3 is 3.12 bits per heavy atom. The summed E-state index contributed by atoms with van der Waals surface area (Å²) in [6, 6.07) is 5.28. The Bertz CT molecular complexity index is 536. The van der Waals surface area contributed by atoms with Crippen LogP contribution in [-0.2, 0) is 4.74 Å². The maximum absolute atomic E-state index is 11.8. The summed E-state index contributed by atoms with van der Waals surface area (Å²) in [6.07, 6.45) is 1.86. The zero-order valence-corrected chi connectivity index (χ0v) is 10.3. The first-order valence-corrected chi connectivity index (χ1v) is 5.91. The van der Waals surface area contributed by atoms with Crippen molar-refractivity contribution >= 4 is 28.6 Å². The summed E-state index contributed by atoms with van der Waals surface area (Å²) < 4.78 is 5.15. The summed E-state index contributed by atoms with van der Waals surface area (Å²) in [5, 5.41) is 0.272. The van der Waals surface area contributed by atoms with Gasteiger partial charge in [0.1, 0.15) is 5.52 Å². The first-order valence-electron chi connectivity index (χ1n) is 5.53. The number of para-hydroxylation sites is 1. The number of aromatic nitrogens is 2. The summed E-state index contributed by atoms with van der Waals surface area (Å²) >= 11 is 5.77. The largest absolute Gasteiger partial charge is 0.462 e. The minimum atomic E-state index is -0.354. The van der Waals surface area contributed by atoms with Gasteiger partial charge in [0.05, 0.1) is 17.7 Å². The minimum Gasteiger partial charge on any atom is -0.462 e. The number of imidazole rings is 1. The Kier molecular flexibility index (Phi) is 3.64. The molecule has 0 amide bonds. The van der Waals surface area contributed by atoms with Gasteiger partial charge in [-0.25, -0.2) is 9.78 Å². The van der Waals surface area contributed by atoms with Gasteiger partial charge in [-0.2, -0.15) is 0 Å². The van der Waals surface area contributed by atoms with Crippen LogP contribution in [0.3, 0.4) is 0 Å². The Morgan fingerprint density at radius 1 is 1.53 bits per heavy atom. The van der Waals surface area contributed by atoms with E-state index in [1.807, 2.05) is 13.0 Å². The van der Waals surface area contributed by atoms with Gasteiger partial charge in [0.15, 0.2) is 0 Å². The van der Waals surface area contributed by atoms with Gasteiger partial charge in [-0.05, 0) is 30.2 Å². The van der Waals surface area contributed by atoms with E-state index in [4.69, 9.17) is 16.3 Å². The molecule has 2 aromatic rings. The van der Waals surface area contributed by atoms with Crippen molar-refractivity contribution < 1.29 is 9.53 Å². The van der Waals surface area contributed by atoms with E-state index in [-0.39, 0.29) is 11.3 Å². The molecule has 1 N–H and O–H groups in total. The molecule has 0 aliphatic carbocycles. The monoisotopic (exact) mass is 252 g/mol. The summed E-state index contributed by atoms with van der Waals surface area (Å²) in [5.74, 6) is -0.354. The molecular formula is C12H13ClN2O2.